The minimum atomic E-state index is -0.532. The summed E-state index contributed by atoms with van der Waals surface area (Å²) in [5, 5.41) is 11.8. The van der Waals surface area contributed by atoms with Gasteiger partial charge in [0.25, 0.3) is 0 Å². The van der Waals surface area contributed by atoms with Crippen molar-refractivity contribution in [1.82, 2.24) is 5.32 Å². The lowest BCUT2D eigenvalue weighted by atomic mass is 10.0. The number of aliphatic hydroxyl groups is 1. The first-order valence-corrected chi connectivity index (χ1v) is 5.76. The summed E-state index contributed by atoms with van der Waals surface area (Å²) in [5.74, 6) is 0.899. The van der Waals surface area contributed by atoms with Crippen molar-refractivity contribution in [2.24, 2.45) is 5.92 Å². The molecule has 0 radical (unpaired) electrons. The van der Waals surface area contributed by atoms with Crippen LogP contribution in [0.15, 0.2) is 30.3 Å². The molecule has 1 atom stereocenters. The van der Waals surface area contributed by atoms with E-state index in [0.29, 0.717) is 11.7 Å². The van der Waals surface area contributed by atoms with E-state index in [1.165, 1.54) is 0 Å². The quantitative estimate of drug-likeness (QED) is 0.825. The molecular formula is C13H19NO3. The first-order valence-electron chi connectivity index (χ1n) is 5.76. The molecule has 0 aliphatic heterocycles. The van der Waals surface area contributed by atoms with Gasteiger partial charge in [-0.05, 0) is 24.5 Å². The largest absolute Gasteiger partial charge is 0.412 e. The van der Waals surface area contributed by atoms with E-state index in [1.54, 1.807) is 24.3 Å². The molecule has 1 amide bonds. The molecule has 0 saturated heterocycles. The van der Waals surface area contributed by atoms with Gasteiger partial charge in [-0.3, -0.25) is 0 Å². The molecule has 0 aromatic heterocycles. The Balaban J connectivity index is 2.43. The molecular weight excluding hydrogens is 218 g/mol. The Morgan fingerprint density at radius 3 is 2.53 bits per heavy atom. The molecule has 0 spiro atoms. The number of ether oxygens (including phenoxy) is 1. The summed E-state index contributed by atoms with van der Waals surface area (Å²) in [6.45, 7) is 3.99. The van der Waals surface area contributed by atoms with E-state index >= 15 is 0 Å². The van der Waals surface area contributed by atoms with E-state index in [-0.39, 0.29) is 12.6 Å². The Bertz CT molecular complexity index is 338. The maximum Gasteiger partial charge on any atom is 0.412 e. The Hall–Kier alpha value is -1.55. The van der Waals surface area contributed by atoms with Gasteiger partial charge in [-0.15, -0.1) is 0 Å². The van der Waals surface area contributed by atoms with Crippen LogP contribution in [-0.2, 0) is 0 Å². The summed E-state index contributed by atoms with van der Waals surface area (Å²) >= 11 is 0. The molecule has 0 aliphatic carbocycles. The van der Waals surface area contributed by atoms with Gasteiger partial charge in [0.2, 0.25) is 0 Å². The normalized spacial score (nSPS) is 12.2. The van der Waals surface area contributed by atoms with Gasteiger partial charge in [0.1, 0.15) is 5.75 Å². The number of para-hydroxylation sites is 1. The third kappa shape index (κ3) is 5.36. The van der Waals surface area contributed by atoms with E-state index in [2.05, 4.69) is 5.32 Å². The second-order valence-corrected chi connectivity index (χ2v) is 4.36. The number of aliphatic hydroxyl groups excluding tert-OH is 1. The van der Waals surface area contributed by atoms with Crippen molar-refractivity contribution in [3.05, 3.63) is 30.3 Å². The van der Waals surface area contributed by atoms with Crippen LogP contribution in [0.3, 0.4) is 0 Å². The molecule has 17 heavy (non-hydrogen) atoms. The predicted molar refractivity (Wildman–Crippen MR) is 65.9 cm³/mol. The Labute approximate surface area is 102 Å². The average molecular weight is 237 g/mol. The van der Waals surface area contributed by atoms with Crippen LogP contribution in [0.5, 0.6) is 5.75 Å². The lowest BCUT2D eigenvalue weighted by Crippen LogP contribution is -2.40. The van der Waals surface area contributed by atoms with Crippen LogP contribution in [-0.4, -0.2) is 23.8 Å². The van der Waals surface area contributed by atoms with Crippen LogP contribution < -0.4 is 10.1 Å². The maximum atomic E-state index is 11.5. The third-order valence-electron chi connectivity index (χ3n) is 2.25. The van der Waals surface area contributed by atoms with Crippen LogP contribution in [0.2, 0.25) is 0 Å². The summed E-state index contributed by atoms with van der Waals surface area (Å²) in [7, 11) is 0. The number of rotatable bonds is 5. The van der Waals surface area contributed by atoms with Gasteiger partial charge in [-0.25, -0.2) is 4.79 Å². The number of carbonyl (C=O) groups is 1. The number of carbonyl (C=O) groups excluding carboxylic acids is 1. The van der Waals surface area contributed by atoms with Crippen LogP contribution in [0, 0.1) is 5.92 Å². The van der Waals surface area contributed by atoms with Crippen molar-refractivity contribution >= 4 is 6.09 Å². The summed E-state index contributed by atoms with van der Waals surface area (Å²) in [4.78, 5) is 11.5. The molecule has 1 aromatic rings. The number of amides is 1. The number of hydrogen-bond donors (Lipinski definition) is 2. The molecule has 94 valence electrons. The van der Waals surface area contributed by atoms with E-state index < -0.39 is 6.09 Å². The van der Waals surface area contributed by atoms with Gasteiger partial charge >= 0.3 is 6.09 Å². The third-order valence-corrected chi connectivity index (χ3v) is 2.25. The zero-order valence-electron chi connectivity index (χ0n) is 10.2. The van der Waals surface area contributed by atoms with Crippen LogP contribution in [0.25, 0.3) is 0 Å². The molecule has 0 bridgehead atoms. The predicted octanol–water partition coefficient (Wildman–Crippen LogP) is 2.18. The summed E-state index contributed by atoms with van der Waals surface area (Å²) in [6.07, 6.45) is 0.191. The Morgan fingerprint density at radius 1 is 1.35 bits per heavy atom. The van der Waals surface area contributed by atoms with Crippen LogP contribution >= 0.6 is 0 Å². The van der Waals surface area contributed by atoms with E-state index in [0.717, 1.165) is 6.42 Å². The van der Waals surface area contributed by atoms with Crippen molar-refractivity contribution in [1.29, 1.82) is 0 Å². The van der Waals surface area contributed by atoms with Crippen molar-refractivity contribution < 1.29 is 14.6 Å². The highest BCUT2D eigenvalue weighted by Gasteiger charge is 2.14. The highest BCUT2D eigenvalue weighted by molar-refractivity contribution is 5.70. The van der Waals surface area contributed by atoms with Crippen molar-refractivity contribution in [3.63, 3.8) is 0 Å². The summed E-state index contributed by atoms with van der Waals surface area (Å²) in [6, 6.07) is 8.58. The van der Waals surface area contributed by atoms with Crippen LogP contribution in [0.1, 0.15) is 20.3 Å². The number of nitrogens with one attached hydrogen (secondary N) is 1. The Kier molecular flexibility index (Phi) is 5.49. The molecule has 2 N–H and O–H groups in total. The lowest BCUT2D eigenvalue weighted by Gasteiger charge is -2.17. The molecule has 0 fully saturated rings. The molecule has 4 nitrogen and oxygen atoms in total. The molecule has 1 rings (SSSR count). The minimum absolute atomic E-state index is 0.0813. The van der Waals surface area contributed by atoms with Crippen LogP contribution in [0.4, 0.5) is 4.79 Å². The molecule has 0 heterocycles. The first kappa shape index (κ1) is 13.5. The van der Waals surface area contributed by atoms with Crippen molar-refractivity contribution in [2.45, 2.75) is 26.3 Å². The number of hydrogen-bond acceptors (Lipinski definition) is 3. The van der Waals surface area contributed by atoms with Gasteiger partial charge in [0.15, 0.2) is 0 Å². The zero-order chi connectivity index (χ0) is 12.7. The topological polar surface area (TPSA) is 58.6 Å². The average Bonchev–Trinajstić information content (AvgIpc) is 2.28. The fraction of sp³-hybridized carbons (Fsp3) is 0.462. The highest BCUT2D eigenvalue weighted by Crippen LogP contribution is 2.09. The fourth-order valence-electron chi connectivity index (χ4n) is 1.54. The smallest absolute Gasteiger partial charge is 0.410 e. The standard InChI is InChI=1S/C13H19NO3/c1-10(2)8-11(9-15)14-13(16)17-12-6-4-3-5-7-12/h3-7,10-11,15H,8-9H2,1-2H3,(H,14,16). The van der Waals surface area contributed by atoms with Gasteiger partial charge in [0.05, 0.1) is 12.6 Å². The second-order valence-electron chi connectivity index (χ2n) is 4.36. The van der Waals surface area contributed by atoms with E-state index in [9.17, 15) is 4.79 Å². The molecule has 0 aliphatic rings. The van der Waals surface area contributed by atoms with Crippen molar-refractivity contribution in [3.8, 4) is 5.75 Å². The SMILES string of the molecule is CC(C)CC(CO)NC(=O)Oc1ccccc1. The van der Waals surface area contributed by atoms with Gasteiger partial charge in [-0.1, -0.05) is 32.0 Å². The van der Waals surface area contributed by atoms with Gasteiger partial charge < -0.3 is 15.2 Å². The monoisotopic (exact) mass is 237 g/mol. The van der Waals surface area contributed by atoms with Crippen molar-refractivity contribution in [2.75, 3.05) is 6.61 Å². The molecule has 0 saturated carbocycles. The lowest BCUT2D eigenvalue weighted by molar-refractivity contribution is 0.177. The highest BCUT2D eigenvalue weighted by atomic mass is 16.6. The molecule has 1 aromatic carbocycles. The maximum absolute atomic E-state index is 11.5. The summed E-state index contributed by atoms with van der Waals surface area (Å²) < 4.78 is 5.07. The molecule has 4 heteroatoms. The fourth-order valence-corrected chi connectivity index (χ4v) is 1.54. The first-order chi connectivity index (χ1) is 8.11. The zero-order valence-corrected chi connectivity index (χ0v) is 10.2. The Morgan fingerprint density at radius 2 is 2.00 bits per heavy atom. The number of benzene rings is 1. The van der Waals surface area contributed by atoms with E-state index in [4.69, 9.17) is 9.84 Å². The van der Waals surface area contributed by atoms with Gasteiger partial charge in [-0.2, -0.15) is 0 Å². The second kappa shape index (κ2) is 6.91. The minimum Gasteiger partial charge on any atom is -0.410 e. The molecule has 1 unspecified atom stereocenters. The van der Waals surface area contributed by atoms with Gasteiger partial charge in [0, 0.05) is 0 Å². The summed E-state index contributed by atoms with van der Waals surface area (Å²) in [5.41, 5.74) is 0. The van der Waals surface area contributed by atoms with E-state index in [1.807, 2.05) is 19.9 Å².